The fraction of sp³-hybridized carbons (Fsp3) is 0. The molecule has 0 aliphatic heterocycles. The van der Waals surface area contributed by atoms with Crippen LogP contribution in [0.3, 0.4) is 0 Å². The highest BCUT2D eigenvalue weighted by molar-refractivity contribution is 7.28. The average Bonchev–Trinajstić information content (AvgIpc) is 3.99. The van der Waals surface area contributed by atoms with Crippen molar-refractivity contribution in [3.63, 3.8) is 0 Å². The third kappa shape index (κ3) is 5.37. The molecule has 0 radical (unpaired) electrons. The van der Waals surface area contributed by atoms with E-state index < -0.39 is 0 Å². The Bertz CT molecular complexity index is 3660. The van der Waals surface area contributed by atoms with Gasteiger partial charge in [-0.25, -0.2) is 15.0 Å². The lowest BCUT2D eigenvalue weighted by Gasteiger charge is -2.16. The van der Waals surface area contributed by atoms with Crippen molar-refractivity contribution < 1.29 is 4.42 Å². The molecule has 0 fully saturated rings. The van der Waals surface area contributed by atoms with Crippen LogP contribution in [0.5, 0.6) is 0 Å². The molecule has 4 heterocycles. The van der Waals surface area contributed by atoms with Crippen LogP contribution in [0.2, 0.25) is 0 Å². The minimum Gasteiger partial charge on any atom is -0.454 e. The van der Waals surface area contributed by atoms with Crippen molar-refractivity contribution in [1.29, 1.82) is 0 Å². The number of thiophene rings is 1. The van der Waals surface area contributed by atoms with Crippen molar-refractivity contribution in [3.05, 3.63) is 97.1 Å². The van der Waals surface area contributed by atoms with Gasteiger partial charge in [-0.1, -0.05) is 117 Å². The SMILES string of the molecule is Bc1c(B)c(B)c2c(sc3c2c(B)c(B)c2c3c3c(B)c(B)c(B)c(B)c3n2-c2cccc3c2oc2cc(-c4nc(-c5ccccc5)nc(-c5ccccc5)n4)ccc23)c1B. The first-order chi connectivity index (χ1) is 29.4. The molecule has 278 valence electrons. The Kier molecular flexibility index (Phi) is 8.57. The lowest BCUT2D eigenvalue weighted by molar-refractivity contribution is 0.666. The molecule has 0 bridgehead atoms. The predicted molar refractivity (Wildman–Crippen MR) is 292 cm³/mol. The van der Waals surface area contributed by atoms with Crippen molar-refractivity contribution in [2.75, 3.05) is 0 Å². The van der Waals surface area contributed by atoms with Crippen molar-refractivity contribution in [1.82, 2.24) is 19.5 Å². The van der Waals surface area contributed by atoms with E-state index in [4.69, 9.17) is 19.4 Å². The maximum Gasteiger partial charge on any atom is 0.164 e. The molecule has 0 amide bonds. The van der Waals surface area contributed by atoms with Gasteiger partial charge in [-0.3, -0.25) is 0 Å². The molecule has 5 nitrogen and oxygen atoms in total. The molecule has 0 aliphatic carbocycles. The molecule has 61 heavy (non-hydrogen) atoms. The van der Waals surface area contributed by atoms with Crippen molar-refractivity contribution in [2.24, 2.45) is 0 Å². The number of rotatable bonds is 4. The van der Waals surface area contributed by atoms with Crippen LogP contribution >= 0.6 is 11.3 Å². The van der Waals surface area contributed by atoms with Crippen LogP contribution in [0.15, 0.2) is 101 Å². The maximum absolute atomic E-state index is 7.10. The van der Waals surface area contributed by atoms with E-state index in [1.54, 1.807) is 0 Å². The van der Waals surface area contributed by atoms with Crippen LogP contribution in [-0.4, -0.2) is 98.0 Å². The van der Waals surface area contributed by atoms with Gasteiger partial charge in [0, 0.05) is 58.7 Å². The van der Waals surface area contributed by atoms with Crippen LogP contribution in [0.4, 0.5) is 0 Å². The minimum atomic E-state index is 0.601. The van der Waals surface area contributed by atoms with E-state index in [0.29, 0.717) is 17.5 Å². The molecule has 7 aromatic carbocycles. The Morgan fingerprint density at radius 1 is 0.410 bits per heavy atom. The zero-order valence-corrected chi connectivity index (χ0v) is 37.2. The number of hydrogen-bond acceptors (Lipinski definition) is 5. The first-order valence-corrected chi connectivity index (χ1v) is 21.9. The fourth-order valence-corrected chi connectivity index (χ4v) is 11.5. The van der Waals surface area contributed by atoms with Crippen molar-refractivity contribution in [3.8, 4) is 39.9 Å². The van der Waals surface area contributed by atoms with Gasteiger partial charge < -0.3 is 8.98 Å². The molecule has 0 N–H and O–H groups in total. The smallest absolute Gasteiger partial charge is 0.164 e. The largest absolute Gasteiger partial charge is 0.454 e. The third-order valence-corrected chi connectivity index (χ3v) is 15.4. The van der Waals surface area contributed by atoms with E-state index in [9.17, 15) is 0 Å². The Hall–Kier alpha value is -5.98. The number of benzene rings is 7. The molecular weight excluding hydrogens is 753 g/mol. The average molecular weight is 789 g/mol. The molecule has 0 saturated heterocycles. The van der Waals surface area contributed by atoms with E-state index in [1.165, 1.54) is 96.6 Å². The number of hydrogen-bond donors (Lipinski definition) is 0. The molecule has 0 saturated carbocycles. The molecule has 11 rings (SSSR count). The second-order valence-corrected chi connectivity index (χ2v) is 18.1. The molecule has 4 aromatic heterocycles. The van der Waals surface area contributed by atoms with Crippen molar-refractivity contribution >= 4 is 208 Å². The van der Waals surface area contributed by atoms with Crippen LogP contribution in [0.1, 0.15) is 0 Å². The molecule has 0 unspecified atom stereocenters. The highest BCUT2D eigenvalue weighted by Gasteiger charge is 2.28. The molecule has 0 atom stereocenters. The van der Waals surface area contributed by atoms with Crippen LogP contribution < -0.4 is 54.6 Å². The normalized spacial score (nSPS) is 11.9. The Morgan fingerprint density at radius 3 is 1.56 bits per heavy atom. The number of aromatic nitrogens is 4. The zero-order chi connectivity index (χ0) is 42.2. The molecule has 0 aliphatic rings. The number of furan rings is 1. The van der Waals surface area contributed by atoms with Crippen LogP contribution in [-0.2, 0) is 0 Å². The topological polar surface area (TPSA) is 56.7 Å². The summed E-state index contributed by atoms with van der Waals surface area (Å²) >= 11 is 1.98. The Labute approximate surface area is 367 Å². The summed E-state index contributed by atoms with van der Waals surface area (Å²) in [5.74, 6) is 1.87. The highest BCUT2D eigenvalue weighted by atomic mass is 32.1. The number of nitrogens with zero attached hydrogens (tertiary/aromatic N) is 4. The highest BCUT2D eigenvalue weighted by Crippen LogP contribution is 2.42. The van der Waals surface area contributed by atoms with Gasteiger partial charge in [0.25, 0.3) is 0 Å². The summed E-state index contributed by atoms with van der Waals surface area (Å²) in [5, 5.41) is 7.64. The van der Waals surface area contributed by atoms with Gasteiger partial charge in [0.05, 0.1) is 5.69 Å². The van der Waals surface area contributed by atoms with E-state index in [0.717, 1.165) is 44.3 Å². The van der Waals surface area contributed by atoms with Gasteiger partial charge in [0.2, 0.25) is 0 Å². The standard InChI is InChI=1S/C45H36B10N4OS/c46-28-24-27-39(35(53)30(48)25-26-29(47)32(50)34(52)37(55)42(26)61-41(25)27)59(38(24)36(54)33(51)31(28)49)22-13-7-12-21-20-15-14-19(16-23(20)60-40(21)22)45-57-43(17-8-3-1-4-9-17)56-44(58-45)18-10-5-2-6-11-18/h1-16H,46-55H2. The van der Waals surface area contributed by atoms with E-state index in [-0.39, 0.29) is 0 Å². The van der Waals surface area contributed by atoms with E-state index in [2.05, 4.69) is 119 Å². The summed E-state index contributed by atoms with van der Waals surface area (Å²) in [6.07, 6.45) is 0. The lowest BCUT2D eigenvalue weighted by atomic mass is 9.64. The second kappa shape index (κ2) is 13.8. The minimum absolute atomic E-state index is 0.601. The summed E-state index contributed by atoms with van der Waals surface area (Å²) in [4.78, 5) is 15.0. The predicted octanol–water partition coefficient (Wildman–Crippen LogP) is -5.18. The van der Waals surface area contributed by atoms with Gasteiger partial charge in [0.15, 0.2) is 23.1 Å². The summed E-state index contributed by atoms with van der Waals surface area (Å²) in [6.45, 7) is 0. The summed E-state index contributed by atoms with van der Waals surface area (Å²) < 4.78 is 12.4. The van der Waals surface area contributed by atoms with Crippen molar-refractivity contribution in [2.45, 2.75) is 0 Å². The van der Waals surface area contributed by atoms with Gasteiger partial charge in [-0.15, -0.1) is 27.7 Å². The maximum atomic E-state index is 7.10. The summed E-state index contributed by atoms with van der Waals surface area (Å²) in [6, 6.07) is 33.2. The second-order valence-electron chi connectivity index (χ2n) is 17.0. The summed E-state index contributed by atoms with van der Waals surface area (Å²) in [5.41, 5.74) is 21.5. The monoisotopic (exact) mass is 790 g/mol. The molecular formula is C45H36B10N4OS. The first-order valence-electron chi connectivity index (χ1n) is 21.1. The van der Waals surface area contributed by atoms with Crippen LogP contribution in [0.25, 0.3) is 104 Å². The number of fused-ring (bicyclic) bond motifs is 10. The molecule has 0 spiro atoms. The van der Waals surface area contributed by atoms with E-state index in [1.807, 2.05) is 72.0 Å². The number of para-hydroxylation sites is 1. The van der Waals surface area contributed by atoms with Gasteiger partial charge in [-0.2, -0.15) is 0 Å². The van der Waals surface area contributed by atoms with Gasteiger partial charge in [-0.05, 0) is 29.0 Å². The van der Waals surface area contributed by atoms with E-state index >= 15 is 0 Å². The van der Waals surface area contributed by atoms with Crippen LogP contribution in [0, 0.1) is 0 Å². The Morgan fingerprint density at radius 2 is 0.918 bits per heavy atom. The quantitative estimate of drug-likeness (QED) is 0.168. The zero-order valence-electron chi connectivity index (χ0n) is 36.3. The third-order valence-electron chi connectivity index (χ3n) is 14.1. The fourth-order valence-electron chi connectivity index (χ4n) is 9.95. The molecule has 16 heteroatoms. The van der Waals surface area contributed by atoms with Gasteiger partial charge in [0.1, 0.15) is 84.0 Å². The molecule has 11 aromatic rings. The summed E-state index contributed by atoms with van der Waals surface area (Å²) in [7, 11) is 23.1. The van der Waals surface area contributed by atoms with Gasteiger partial charge >= 0.3 is 0 Å². The first kappa shape index (κ1) is 38.0. The Balaban J connectivity index is 1.21. The lowest BCUT2D eigenvalue weighted by Crippen LogP contribution is -2.48.